The molecule has 0 unspecified atom stereocenters. The van der Waals surface area contributed by atoms with Gasteiger partial charge in [-0.05, 0) is 43.6 Å². The van der Waals surface area contributed by atoms with Gasteiger partial charge in [0.1, 0.15) is 5.82 Å². The average molecular weight is 245 g/mol. The second-order valence-corrected chi connectivity index (χ2v) is 4.74. The van der Waals surface area contributed by atoms with E-state index >= 15 is 0 Å². The fourth-order valence-corrected chi connectivity index (χ4v) is 2.46. The number of aromatic nitrogens is 2. The summed E-state index contributed by atoms with van der Waals surface area (Å²) in [7, 11) is 0. The van der Waals surface area contributed by atoms with E-state index in [9.17, 15) is 4.39 Å². The molecule has 0 radical (unpaired) electrons. The topological polar surface area (TPSA) is 21.1 Å². The zero-order chi connectivity index (χ0) is 12.4. The Morgan fingerprint density at radius 2 is 2.06 bits per heavy atom. The molecule has 1 aliphatic rings. The van der Waals surface area contributed by atoms with Crippen molar-refractivity contribution in [3.05, 3.63) is 48.3 Å². The van der Waals surface area contributed by atoms with Gasteiger partial charge in [0.2, 0.25) is 0 Å². The van der Waals surface area contributed by atoms with Gasteiger partial charge in [-0.25, -0.2) is 9.37 Å². The highest BCUT2D eigenvalue weighted by atomic mass is 19.1. The molecule has 94 valence electrons. The summed E-state index contributed by atoms with van der Waals surface area (Å²) < 4.78 is 15.7. The molecule has 1 fully saturated rings. The average Bonchev–Trinajstić information content (AvgIpc) is 3.01. The maximum atomic E-state index is 14.0. The zero-order valence-electron chi connectivity index (χ0n) is 10.2. The lowest BCUT2D eigenvalue weighted by molar-refractivity contribution is 0.331. The molecular weight excluding hydrogens is 229 g/mol. The quantitative estimate of drug-likeness (QED) is 0.828. The van der Waals surface area contributed by atoms with E-state index in [2.05, 4.69) is 9.88 Å². The predicted molar refractivity (Wildman–Crippen MR) is 68.0 cm³/mol. The highest BCUT2D eigenvalue weighted by Crippen LogP contribution is 2.18. The van der Waals surface area contributed by atoms with Gasteiger partial charge in [-0.3, -0.25) is 4.90 Å². The first kappa shape index (κ1) is 11.4. The minimum absolute atomic E-state index is 0.190. The van der Waals surface area contributed by atoms with Crippen LogP contribution in [0.4, 0.5) is 4.39 Å². The number of hydrogen-bond donors (Lipinski definition) is 0. The Kier molecular flexibility index (Phi) is 3.11. The third kappa shape index (κ3) is 2.29. The fraction of sp³-hybridized carbons (Fsp3) is 0.357. The molecule has 3 nitrogen and oxygen atoms in total. The van der Waals surface area contributed by atoms with Crippen molar-refractivity contribution in [2.45, 2.75) is 19.4 Å². The van der Waals surface area contributed by atoms with E-state index in [0.29, 0.717) is 5.69 Å². The molecule has 0 bridgehead atoms. The van der Waals surface area contributed by atoms with Crippen LogP contribution in [0.25, 0.3) is 5.69 Å². The van der Waals surface area contributed by atoms with E-state index < -0.39 is 0 Å². The lowest BCUT2D eigenvalue weighted by Gasteiger charge is -2.15. The van der Waals surface area contributed by atoms with Crippen molar-refractivity contribution in [1.82, 2.24) is 14.5 Å². The van der Waals surface area contributed by atoms with Gasteiger partial charge in [0.15, 0.2) is 0 Å². The van der Waals surface area contributed by atoms with Gasteiger partial charge in [0.25, 0.3) is 0 Å². The largest absolute Gasteiger partial charge is 0.303 e. The van der Waals surface area contributed by atoms with Crippen molar-refractivity contribution >= 4 is 0 Å². The van der Waals surface area contributed by atoms with Crippen molar-refractivity contribution in [3.8, 4) is 5.69 Å². The van der Waals surface area contributed by atoms with Gasteiger partial charge in [0, 0.05) is 18.9 Å². The molecule has 0 amide bonds. The molecule has 0 saturated carbocycles. The lowest BCUT2D eigenvalue weighted by Crippen LogP contribution is -2.18. The Bertz CT molecular complexity index is 516. The van der Waals surface area contributed by atoms with Crippen LogP contribution in [0.3, 0.4) is 0 Å². The zero-order valence-corrected chi connectivity index (χ0v) is 10.2. The Morgan fingerprint density at radius 1 is 1.22 bits per heavy atom. The van der Waals surface area contributed by atoms with Crippen LogP contribution in [-0.4, -0.2) is 27.5 Å². The third-order valence-corrected chi connectivity index (χ3v) is 3.40. The van der Waals surface area contributed by atoms with Crippen LogP contribution in [0, 0.1) is 5.82 Å². The number of hydrogen-bond acceptors (Lipinski definition) is 2. The van der Waals surface area contributed by atoms with Crippen molar-refractivity contribution in [2.24, 2.45) is 0 Å². The summed E-state index contributed by atoms with van der Waals surface area (Å²) in [4.78, 5) is 6.30. The van der Waals surface area contributed by atoms with Gasteiger partial charge in [0.05, 0.1) is 12.0 Å². The van der Waals surface area contributed by atoms with E-state index in [1.165, 1.54) is 12.8 Å². The van der Waals surface area contributed by atoms with E-state index in [-0.39, 0.29) is 5.82 Å². The number of rotatable bonds is 3. The molecule has 1 aliphatic heterocycles. The maximum Gasteiger partial charge on any atom is 0.147 e. The molecule has 3 rings (SSSR count). The predicted octanol–water partition coefficient (Wildman–Crippen LogP) is 2.61. The smallest absolute Gasteiger partial charge is 0.147 e. The fourth-order valence-electron chi connectivity index (χ4n) is 2.46. The molecule has 1 saturated heterocycles. The van der Waals surface area contributed by atoms with Gasteiger partial charge in [-0.2, -0.15) is 0 Å². The second kappa shape index (κ2) is 4.90. The summed E-state index contributed by atoms with van der Waals surface area (Å²) in [6.45, 7) is 3.11. The number of imidazole rings is 1. The minimum atomic E-state index is -0.190. The Balaban J connectivity index is 1.80. The summed E-state index contributed by atoms with van der Waals surface area (Å²) >= 11 is 0. The molecule has 0 N–H and O–H groups in total. The van der Waals surface area contributed by atoms with Crippen molar-refractivity contribution < 1.29 is 4.39 Å². The Morgan fingerprint density at radius 3 is 2.72 bits per heavy atom. The van der Waals surface area contributed by atoms with E-state index in [1.807, 2.05) is 12.1 Å². The van der Waals surface area contributed by atoms with Crippen molar-refractivity contribution in [1.29, 1.82) is 0 Å². The lowest BCUT2D eigenvalue weighted by atomic mass is 10.2. The second-order valence-electron chi connectivity index (χ2n) is 4.74. The number of halogens is 1. The van der Waals surface area contributed by atoms with Crippen LogP contribution in [0.1, 0.15) is 18.4 Å². The van der Waals surface area contributed by atoms with Crippen LogP contribution in [0.2, 0.25) is 0 Å². The first-order valence-electron chi connectivity index (χ1n) is 6.32. The molecule has 2 heterocycles. The summed E-state index contributed by atoms with van der Waals surface area (Å²) in [6, 6.07) is 5.45. The molecule has 18 heavy (non-hydrogen) atoms. The Labute approximate surface area is 106 Å². The molecule has 0 spiro atoms. The van der Waals surface area contributed by atoms with Crippen LogP contribution in [0.15, 0.2) is 36.9 Å². The molecule has 4 heteroatoms. The van der Waals surface area contributed by atoms with E-state index in [4.69, 9.17) is 0 Å². The van der Waals surface area contributed by atoms with E-state index in [1.54, 1.807) is 29.4 Å². The van der Waals surface area contributed by atoms with Gasteiger partial charge in [-0.15, -0.1) is 0 Å². The maximum absolute atomic E-state index is 14.0. The molecule has 1 aromatic carbocycles. The van der Waals surface area contributed by atoms with Gasteiger partial charge >= 0.3 is 0 Å². The van der Waals surface area contributed by atoms with Gasteiger partial charge < -0.3 is 4.57 Å². The summed E-state index contributed by atoms with van der Waals surface area (Å²) in [5, 5.41) is 0. The van der Waals surface area contributed by atoms with Crippen LogP contribution in [-0.2, 0) is 6.54 Å². The molecular formula is C14H16FN3. The number of likely N-dealkylation sites (tertiary alicyclic amines) is 1. The highest BCUT2D eigenvalue weighted by molar-refractivity contribution is 5.36. The highest BCUT2D eigenvalue weighted by Gasteiger charge is 2.13. The van der Waals surface area contributed by atoms with Gasteiger partial charge in [-0.1, -0.05) is 6.07 Å². The standard InChI is InChI=1S/C14H16FN3/c15-13-9-12(10-17-6-1-2-7-17)3-4-14(13)18-8-5-16-11-18/h3-5,8-9,11H,1-2,6-7,10H2. The van der Waals surface area contributed by atoms with Crippen LogP contribution < -0.4 is 0 Å². The summed E-state index contributed by atoms with van der Waals surface area (Å²) in [6.07, 6.45) is 7.53. The minimum Gasteiger partial charge on any atom is -0.303 e. The monoisotopic (exact) mass is 245 g/mol. The summed E-state index contributed by atoms with van der Waals surface area (Å²) in [5.41, 5.74) is 1.59. The van der Waals surface area contributed by atoms with E-state index in [0.717, 1.165) is 25.2 Å². The van der Waals surface area contributed by atoms with Crippen LogP contribution in [0.5, 0.6) is 0 Å². The first-order valence-corrected chi connectivity index (χ1v) is 6.32. The first-order chi connectivity index (χ1) is 8.83. The molecule has 2 aromatic rings. The Hall–Kier alpha value is -1.68. The van der Waals surface area contributed by atoms with Crippen LogP contribution >= 0.6 is 0 Å². The molecule has 1 aromatic heterocycles. The normalized spacial score (nSPS) is 16.3. The molecule has 0 atom stereocenters. The van der Waals surface area contributed by atoms with Crippen molar-refractivity contribution in [2.75, 3.05) is 13.1 Å². The summed E-state index contributed by atoms with van der Waals surface area (Å²) in [5.74, 6) is -0.190. The SMILES string of the molecule is Fc1cc(CN2CCCC2)ccc1-n1ccnc1. The van der Waals surface area contributed by atoms with Crippen molar-refractivity contribution in [3.63, 3.8) is 0 Å². The molecule has 0 aliphatic carbocycles. The number of nitrogens with zero attached hydrogens (tertiary/aromatic N) is 3. The number of benzene rings is 1. The third-order valence-electron chi connectivity index (χ3n) is 3.40.